The zero-order valence-electron chi connectivity index (χ0n) is 16.3. The van der Waals surface area contributed by atoms with E-state index in [1.54, 1.807) is 43.4 Å². The Labute approximate surface area is 164 Å². The molecule has 0 saturated carbocycles. The molecule has 0 spiro atoms. The molecule has 1 aromatic heterocycles. The Morgan fingerprint density at radius 1 is 1.04 bits per heavy atom. The molecule has 0 aliphatic heterocycles. The summed E-state index contributed by atoms with van der Waals surface area (Å²) in [6, 6.07) is 16.6. The summed E-state index contributed by atoms with van der Waals surface area (Å²) in [5, 5.41) is 4.14. The third-order valence-corrected chi connectivity index (χ3v) is 4.38. The Morgan fingerprint density at radius 2 is 1.79 bits per heavy atom. The van der Waals surface area contributed by atoms with E-state index in [1.807, 2.05) is 37.3 Å². The first-order chi connectivity index (χ1) is 13.6. The first-order valence-corrected chi connectivity index (χ1v) is 9.18. The van der Waals surface area contributed by atoms with Crippen LogP contribution in [0, 0.1) is 0 Å². The molecule has 0 fully saturated rings. The predicted octanol–water partition coefficient (Wildman–Crippen LogP) is 4.41. The van der Waals surface area contributed by atoms with Crippen LogP contribution in [0.3, 0.4) is 0 Å². The minimum Gasteiger partial charge on any atom is -0.497 e. The van der Waals surface area contributed by atoms with Crippen LogP contribution in [0.1, 0.15) is 29.4 Å². The summed E-state index contributed by atoms with van der Waals surface area (Å²) < 4.78 is 15.9. The van der Waals surface area contributed by atoms with Crippen LogP contribution in [-0.4, -0.2) is 36.7 Å². The SMILES string of the molecule is CCCN(Cc1cc(-c2cccc(OC)c2)on1)C(=O)c1ccc(OC)cc1. The standard InChI is InChI=1S/C22H24N2O4/c1-4-12-24(22(25)16-8-10-19(26-2)11-9-16)15-18-14-21(28-23-18)17-6-5-7-20(13-17)27-3/h5-11,13-14H,4,12,15H2,1-3H3. The molecule has 0 saturated heterocycles. The Kier molecular flexibility index (Phi) is 6.32. The molecule has 0 aliphatic carbocycles. The van der Waals surface area contributed by atoms with E-state index in [-0.39, 0.29) is 5.91 Å². The average molecular weight is 380 g/mol. The van der Waals surface area contributed by atoms with Crippen LogP contribution >= 0.6 is 0 Å². The van der Waals surface area contributed by atoms with Gasteiger partial charge in [0, 0.05) is 23.7 Å². The zero-order chi connectivity index (χ0) is 19.9. The molecule has 0 bridgehead atoms. The van der Waals surface area contributed by atoms with Crippen LogP contribution in [0.25, 0.3) is 11.3 Å². The highest BCUT2D eigenvalue weighted by molar-refractivity contribution is 5.94. The van der Waals surface area contributed by atoms with E-state index >= 15 is 0 Å². The maximum Gasteiger partial charge on any atom is 0.254 e. The lowest BCUT2D eigenvalue weighted by atomic mass is 10.1. The number of nitrogens with zero attached hydrogens (tertiary/aromatic N) is 2. The normalized spacial score (nSPS) is 10.5. The topological polar surface area (TPSA) is 64.8 Å². The van der Waals surface area contributed by atoms with Crippen LogP contribution in [-0.2, 0) is 6.54 Å². The zero-order valence-corrected chi connectivity index (χ0v) is 16.3. The van der Waals surface area contributed by atoms with E-state index < -0.39 is 0 Å². The molecule has 0 N–H and O–H groups in total. The molecule has 2 aromatic carbocycles. The van der Waals surface area contributed by atoms with Gasteiger partial charge >= 0.3 is 0 Å². The van der Waals surface area contributed by atoms with Crippen LogP contribution in [0.4, 0.5) is 0 Å². The molecule has 6 heteroatoms. The van der Waals surface area contributed by atoms with E-state index in [0.29, 0.717) is 30.1 Å². The van der Waals surface area contributed by atoms with Crippen LogP contribution in [0.15, 0.2) is 59.1 Å². The number of aromatic nitrogens is 1. The van der Waals surface area contributed by atoms with Crippen molar-refractivity contribution in [3.8, 4) is 22.8 Å². The predicted molar refractivity (Wildman–Crippen MR) is 107 cm³/mol. The Bertz CT molecular complexity index is 918. The fourth-order valence-electron chi connectivity index (χ4n) is 2.93. The van der Waals surface area contributed by atoms with E-state index in [0.717, 1.165) is 23.5 Å². The number of amides is 1. The van der Waals surface area contributed by atoms with Crippen molar-refractivity contribution in [2.24, 2.45) is 0 Å². The number of carbonyl (C=O) groups excluding carboxylic acids is 1. The summed E-state index contributed by atoms with van der Waals surface area (Å²) >= 11 is 0. The van der Waals surface area contributed by atoms with Crippen LogP contribution < -0.4 is 9.47 Å². The van der Waals surface area contributed by atoms with Crippen molar-refractivity contribution in [2.75, 3.05) is 20.8 Å². The molecule has 6 nitrogen and oxygen atoms in total. The van der Waals surface area contributed by atoms with Crippen molar-refractivity contribution >= 4 is 5.91 Å². The number of rotatable bonds is 8. The highest BCUT2D eigenvalue weighted by atomic mass is 16.5. The number of ether oxygens (including phenoxy) is 2. The summed E-state index contributed by atoms with van der Waals surface area (Å²) in [5.41, 5.74) is 2.19. The number of methoxy groups -OCH3 is 2. The summed E-state index contributed by atoms with van der Waals surface area (Å²) in [7, 11) is 3.23. The molecular formula is C22H24N2O4. The van der Waals surface area contributed by atoms with Gasteiger partial charge in [0.25, 0.3) is 5.91 Å². The maximum atomic E-state index is 12.9. The van der Waals surface area contributed by atoms with Crippen LogP contribution in [0.5, 0.6) is 11.5 Å². The summed E-state index contributed by atoms with van der Waals surface area (Å²) in [6.45, 7) is 3.05. The van der Waals surface area contributed by atoms with E-state index in [4.69, 9.17) is 14.0 Å². The summed E-state index contributed by atoms with van der Waals surface area (Å²) in [5.74, 6) is 2.06. The van der Waals surface area contributed by atoms with Crippen molar-refractivity contribution in [3.63, 3.8) is 0 Å². The molecule has 1 amide bonds. The number of benzene rings is 2. The van der Waals surface area contributed by atoms with Gasteiger partial charge in [0.05, 0.1) is 20.8 Å². The quantitative estimate of drug-likeness (QED) is 0.579. The fraction of sp³-hybridized carbons (Fsp3) is 0.273. The highest BCUT2D eigenvalue weighted by Crippen LogP contribution is 2.25. The number of hydrogen-bond donors (Lipinski definition) is 0. The molecule has 0 unspecified atom stereocenters. The van der Waals surface area contributed by atoms with E-state index in [1.165, 1.54) is 0 Å². The molecular weight excluding hydrogens is 356 g/mol. The average Bonchev–Trinajstić information content (AvgIpc) is 3.21. The third-order valence-electron chi connectivity index (χ3n) is 4.38. The number of hydrogen-bond acceptors (Lipinski definition) is 5. The second-order valence-corrected chi connectivity index (χ2v) is 6.37. The lowest BCUT2D eigenvalue weighted by molar-refractivity contribution is 0.0739. The Morgan fingerprint density at radius 3 is 2.46 bits per heavy atom. The molecule has 3 rings (SSSR count). The molecule has 3 aromatic rings. The largest absolute Gasteiger partial charge is 0.497 e. The molecule has 1 heterocycles. The van der Waals surface area contributed by atoms with Gasteiger partial charge in [0.2, 0.25) is 0 Å². The molecule has 146 valence electrons. The second kappa shape index (κ2) is 9.08. The molecule has 28 heavy (non-hydrogen) atoms. The Balaban J connectivity index is 1.76. The first kappa shape index (κ1) is 19.5. The lowest BCUT2D eigenvalue weighted by Gasteiger charge is -2.21. The highest BCUT2D eigenvalue weighted by Gasteiger charge is 2.18. The Hall–Kier alpha value is -3.28. The third kappa shape index (κ3) is 4.52. The van der Waals surface area contributed by atoms with Gasteiger partial charge in [-0.2, -0.15) is 0 Å². The van der Waals surface area contributed by atoms with Crippen molar-refractivity contribution in [3.05, 3.63) is 65.9 Å². The van der Waals surface area contributed by atoms with Gasteiger partial charge in [-0.05, 0) is 42.8 Å². The molecule has 0 atom stereocenters. The minimum absolute atomic E-state index is 0.0459. The molecule has 0 aliphatic rings. The second-order valence-electron chi connectivity index (χ2n) is 6.37. The summed E-state index contributed by atoms with van der Waals surface area (Å²) in [4.78, 5) is 14.7. The van der Waals surface area contributed by atoms with Gasteiger partial charge < -0.3 is 18.9 Å². The minimum atomic E-state index is -0.0459. The van der Waals surface area contributed by atoms with Gasteiger partial charge in [-0.1, -0.05) is 24.2 Å². The lowest BCUT2D eigenvalue weighted by Crippen LogP contribution is -2.31. The van der Waals surface area contributed by atoms with E-state index in [2.05, 4.69) is 5.16 Å². The first-order valence-electron chi connectivity index (χ1n) is 9.18. The maximum absolute atomic E-state index is 12.9. The van der Waals surface area contributed by atoms with Gasteiger partial charge in [0.15, 0.2) is 5.76 Å². The van der Waals surface area contributed by atoms with Crippen molar-refractivity contribution in [1.29, 1.82) is 0 Å². The van der Waals surface area contributed by atoms with Crippen molar-refractivity contribution in [1.82, 2.24) is 10.1 Å². The smallest absolute Gasteiger partial charge is 0.254 e. The van der Waals surface area contributed by atoms with Crippen molar-refractivity contribution < 1.29 is 18.8 Å². The van der Waals surface area contributed by atoms with Gasteiger partial charge in [-0.25, -0.2) is 0 Å². The van der Waals surface area contributed by atoms with Crippen LogP contribution in [0.2, 0.25) is 0 Å². The number of carbonyl (C=O) groups is 1. The van der Waals surface area contributed by atoms with E-state index in [9.17, 15) is 4.79 Å². The van der Waals surface area contributed by atoms with Crippen molar-refractivity contribution in [2.45, 2.75) is 19.9 Å². The molecule has 0 radical (unpaired) electrons. The van der Waals surface area contributed by atoms with Gasteiger partial charge in [-0.15, -0.1) is 0 Å². The van der Waals surface area contributed by atoms with Gasteiger partial charge in [0.1, 0.15) is 17.2 Å². The fourth-order valence-corrected chi connectivity index (χ4v) is 2.93. The summed E-state index contributed by atoms with van der Waals surface area (Å²) in [6.07, 6.45) is 0.850. The van der Waals surface area contributed by atoms with Gasteiger partial charge in [-0.3, -0.25) is 4.79 Å². The monoisotopic (exact) mass is 380 g/mol.